The summed E-state index contributed by atoms with van der Waals surface area (Å²) in [4.78, 5) is 22.5. The van der Waals surface area contributed by atoms with E-state index in [9.17, 15) is 14.9 Å². The lowest BCUT2D eigenvalue weighted by Gasteiger charge is -2.06. The van der Waals surface area contributed by atoms with Crippen molar-refractivity contribution in [3.05, 3.63) is 28.3 Å². The van der Waals surface area contributed by atoms with Gasteiger partial charge in [-0.05, 0) is 12.5 Å². The first-order chi connectivity index (χ1) is 11.1. The zero-order chi connectivity index (χ0) is 16.7. The highest BCUT2D eigenvalue weighted by Crippen LogP contribution is 2.34. The van der Waals surface area contributed by atoms with Crippen LogP contribution in [0, 0.1) is 10.1 Å². The Morgan fingerprint density at radius 3 is 3.13 bits per heavy atom. The molecule has 0 radical (unpaired) electrons. The number of carbonyl (C=O) groups excluding carboxylic acids is 1. The second-order valence-corrected chi connectivity index (χ2v) is 5.76. The normalized spacial score (nSPS) is 15.3. The smallest absolute Gasteiger partial charge is 0.427 e. The molecule has 1 aromatic rings. The number of thioether (sulfide) groups is 1. The first-order valence-corrected chi connectivity index (χ1v) is 8.11. The van der Waals surface area contributed by atoms with E-state index in [-0.39, 0.29) is 12.3 Å². The Bertz CT molecular complexity index is 620. The molecule has 0 atom stereocenters. The van der Waals surface area contributed by atoms with Gasteiger partial charge in [0.15, 0.2) is 0 Å². The molecule has 0 saturated carbocycles. The molecule has 0 bridgehead atoms. The Balaban J connectivity index is 1.92. The lowest BCUT2D eigenvalue weighted by molar-refractivity contribution is -0.385. The molecule has 0 aromatic heterocycles. The van der Waals surface area contributed by atoms with Crippen molar-refractivity contribution in [3.8, 4) is 5.75 Å². The van der Waals surface area contributed by atoms with Crippen molar-refractivity contribution in [3.63, 3.8) is 0 Å². The molecule has 8 nitrogen and oxygen atoms in total. The van der Waals surface area contributed by atoms with E-state index in [1.807, 2.05) is 6.92 Å². The molecule has 0 unspecified atom stereocenters. The van der Waals surface area contributed by atoms with Crippen LogP contribution in [0.2, 0.25) is 0 Å². The third kappa shape index (κ3) is 5.13. The molecule has 1 N–H and O–H groups in total. The number of nitrogens with one attached hydrogen (secondary N) is 1. The number of hydrogen-bond acceptors (Lipinski definition) is 7. The standard InChI is InChI=1S/C14H17N3O5S/c1-2-3-6-21-14(18)16-15-10-8-22-12-7-11(17(19)20)4-5-13(12)23-9-10/h4-5,7H,2-3,6,8-9H2,1H3,(H,16,18). The van der Waals surface area contributed by atoms with E-state index >= 15 is 0 Å². The average molecular weight is 339 g/mol. The van der Waals surface area contributed by atoms with Gasteiger partial charge in [-0.3, -0.25) is 10.1 Å². The number of rotatable bonds is 5. The zero-order valence-electron chi connectivity index (χ0n) is 12.6. The monoisotopic (exact) mass is 339 g/mol. The second kappa shape index (κ2) is 8.37. The topological polar surface area (TPSA) is 103 Å². The molecule has 1 aliphatic heterocycles. The van der Waals surface area contributed by atoms with Crippen molar-refractivity contribution in [1.29, 1.82) is 0 Å². The molecule has 0 spiro atoms. The van der Waals surface area contributed by atoms with Gasteiger partial charge in [-0.1, -0.05) is 13.3 Å². The fourth-order valence-electron chi connectivity index (χ4n) is 1.74. The predicted molar refractivity (Wildman–Crippen MR) is 86.1 cm³/mol. The molecule has 124 valence electrons. The third-order valence-electron chi connectivity index (χ3n) is 2.96. The third-order valence-corrected chi connectivity index (χ3v) is 4.09. The lowest BCUT2D eigenvalue weighted by Crippen LogP contribution is -2.24. The highest BCUT2D eigenvalue weighted by Gasteiger charge is 2.17. The van der Waals surface area contributed by atoms with Crippen LogP contribution in [0.4, 0.5) is 10.5 Å². The number of nitro groups is 1. The summed E-state index contributed by atoms with van der Waals surface area (Å²) in [5.41, 5.74) is 2.91. The summed E-state index contributed by atoms with van der Waals surface area (Å²) >= 11 is 1.44. The maximum absolute atomic E-state index is 11.4. The van der Waals surface area contributed by atoms with E-state index in [0.29, 0.717) is 23.8 Å². The van der Waals surface area contributed by atoms with Crippen molar-refractivity contribution in [2.24, 2.45) is 5.10 Å². The van der Waals surface area contributed by atoms with Crippen LogP contribution in [0.3, 0.4) is 0 Å². The van der Waals surface area contributed by atoms with Crippen LogP contribution >= 0.6 is 11.8 Å². The van der Waals surface area contributed by atoms with Crippen molar-refractivity contribution < 1.29 is 19.2 Å². The highest BCUT2D eigenvalue weighted by molar-refractivity contribution is 8.00. The van der Waals surface area contributed by atoms with Gasteiger partial charge in [0.2, 0.25) is 0 Å². The predicted octanol–water partition coefficient (Wildman–Crippen LogP) is 2.96. The summed E-state index contributed by atoms with van der Waals surface area (Å²) in [6.45, 7) is 2.51. The molecular formula is C14H17N3O5S. The van der Waals surface area contributed by atoms with Crippen molar-refractivity contribution in [2.45, 2.75) is 24.7 Å². The van der Waals surface area contributed by atoms with Gasteiger partial charge < -0.3 is 9.47 Å². The highest BCUT2D eigenvalue weighted by atomic mass is 32.2. The Morgan fingerprint density at radius 2 is 2.39 bits per heavy atom. The molecule has 1 aromatic carbocycles. The summed E-state index contributed by atoms with van der Waals surface area (Å²) < 4.78 is 10.5. The van der Waals surface area contributed by atoms with E-state index in [2.05, 4.69) is 10.5 Å². The molecule has 9 heteroatoms. The molecule has 1 heterocycles. The van der Waals surface area contributed by atoms with E-state index in [1.165, 1.54) is 23.9 Å². The Kier molecular flexibility index (Phi) is 6.21. The summed E-state index contributed by atoms with van der Waals surface area (Å²) in [5.74, 6) is 0.958. The van der Waals surface area contributed by atoms with Crippen LogP contribution in [0.5, 0.6) is 5.75 Å². The van der Waals surface area contributed by atoms with Crippen LogP contribution in [0.1, 0.15) is 19.8 Å². The van der Waals surface area contributed by atoms with E-state index in [1.54, 1.807) is 6.07 Å². The van der Waals surface area contributed by atoms with E-state index in [4.69, 9.17) is 9.47 Å². The fraction of sp³-hybridized carbons (Fsp3) is 0.429. The van der Waals surface area contributed by atoms with Crippen molar-refractivity contribution in [2.75, 3.05) is 19.0 Å². The van der Waals surface area contributed by atoms with Gasteiger partial charge in [-0.25, -0.2) is 10.2 Å². The van der Waals surface area contributed by atoms with Crippen LogP contribution < -0.4 is 10.2 Å². The minimum atomic E-state index is -0.603. The molecular weight excluding hydrogens is 322 g/mol. The number of carbonyl (C=O) groups is 1. The molecule has 1 amide bonds. The van der Waals surface area contributed by atoms with E-state index < -0.39 is 11.0 Å². The van der Waals surface area contributed by atoms with Gasteiger partial charge in [-0.2, -0.15) is 5.10 Å². The first-order valence-electron chi connectivity index (χ1n) is 7.12. The number of hydrogen-bond donors (Lipinski definition) is 1. The minimum Gasteiger partial charge on any atom is -0.486 e. The van der Waals surface area contributed by atoms with Gasteiger partial charge in [0.1, 0.15) is 12.4 Å². The summed E-state index contributed by atoms with van der Waals surface area (Å²) in [7, 11) is 0. The summed E-state index contributed by atoms with van der Waals surface area (Å²) in [6.07, 6.45) is 1.14. The first kappa shape index (κ1) is 17.1. The van der Waals surface area contributed by atoms with Crippen LogP contribution in [-0.4, -0.2) is 35.7 Å². The molecule has 23 heavy (non-hydrogen) atoms. The molecule has 1 aliphatic rings. The maximum atomic E-state index is 11.4. The van der Waals surface area contributed by atoms with Crippen molar-refractivity contribution in [1.82, 2.24) is 5.43 Å². The van der Waals surface area contributed by atoms with Crippen LogP contribution in [0.25, 0.3) is 0 Å². The average Bonchev–Trinajstić information content (AvgIpc) is 2.75. The minimum absolute atomic E-state index is 0.0256. The lowest BCUT2D eigenvalue weighted by atomic mass is 10.3. The Labute approximate surface area is 137 Å². The molecule has 0 fully saturated rings. The van der Waals surface area contributed by atoms with Gasteiger partial charge >= 0.3 is 6.09 Å². The molecule has 2 rings (SSSR count). The largest absolute Gasteiger partial charge is 0.486 e. The zero-order valence-corrected chi connectivity index (χ0v) is 13.4. The van der Waals surface area contributed by atoms with Gasteiger partial charge in [0.05, 0.1) is 28.2 Å². The SMILES string of the molecule is CCCCOC(=O)NN=C1COc2cc([N+](=O)[O-])ccc2SC1. The maximum Gasteiger partial charge on any atom is 0.427 e. The van der Waals surface area contributed by atoms with Crippen molar-refractivity contribution >= 4 is 29.3 Å². The molecule has 0 aliphatic carbocycles. The number of nitro benzene ring substituents is 1. The number of fused-ring (bicyclic) bond motifs is 1. The number of non-ortho nitro benzene ring substituents is 1. The number of ether oxygens (including phenoxy) is 2. The number of amides is 1. The van der Waals surface area contributed by atoms with Crippen LogP contribution in [-0.2, 0) is 4.74 Å². The van der Waals surface area contributed by atoms with Gasteiger partial charge in [0.25, 0.3) is 5.69 Å². The number of benzene rings is 1. The summed E-state index contributed by atoms with van der Waals surface area (Å²) in [5, 5.41) is 14.8. The quantitative estimate of drug-likeness (QED) is 0.502. The van der Waals surface area contributed by atoms with Gasteiger partial charge in [-0.15, -0.1) is 11.8 Å². The number of nitrogens with zero attached hydrogens (tertiary/aromatic N) is 2. The summed E-state index contributed by atoms with van der Waals surface area (Å²) in [6, 6.07) is 4.46. The van der Waals surface area contributed by atoms with Gasteiger partial charge in [0, 0.05) is 11.8 Å². The fourth-order valence-corrected chi connectivity index (χ4v) is 2.63. The second-order valence-electron chi connectivity index (χ2n) is 4.74. The number of hydrazone groups is 1. The number of unbranched alkanes of at least 4 members (excludes halogenated alkanes) is 1. The molecule has 0 saturated heterocycles. The Morgan fingerprint density at radius 1 is 1.57 bits per heavy atom. The Hall–Kier alpha value is -2.29. The van der Waals surface area contributed by atoms with Crippen LogP contribution in [0.15, 0.2) is 28.2 Å². The van der Waals surface area contributed by atoms with E-state index in [0.717, 1.165) is 17.7 Å².